The van der Waals surface area contributed by atoms with Crippen molar-refractivity contribution < 1.29 is 21.9 Å². The quantitative estimate of drug-likeness (QED) is 0.227. The third kappa shape index (κ3) is 5.48. The highest BCUT2D eigenvalue weighted by Gasteiger charge is 2.28. The van der Waals surface area contributed by atoms with Crippen molar-refractivity contribution in [1.82, 2.24) is 19.7 Å². The van der Waals surface area contributed by atoms with Crippen LogP contribution in [0.4, 0.5) is 20.3 Å². The monoisotopic (exact) mass is 628 g/mol. The Morgan fingerprint density at radius 1 is 1.14 bits per heavy atom. The van der Waals surface area contributed by atoms with E-state index < -0.39 is 32.2 Å². The van der Waals surface area contributed by atoms with Gasteiger partial charge >= 0.3 is 0 Å². The SMILES string of the molecule is CC(C)c1nc(-c2ccc(NS(=O)(=O)c3ccccc3F)c(F)c2Cl)c2c(N)ncc(C3=CC[C@@H](NC4COC4)CC3)n12. The smallest absolute Gasteiger partial charge is 0.264 e. The van der Waals surface area contributed by atoms with Gasteiger partial charge in [-0.05, 0) is 49.1 Å². The van der Waals surface area contributed by atoms with Crippen molar-refractivity contribution >= 4 is 44.2 Å². The number of ether oxygens (including phenoxy) is 1. The van der Waals surface area contributed by atoms with Gasteiger partial charge in [0.2, 0.25) is 0 Å². The number of nitrogens with zero attached hydrogens (tertiary/aromatic N) is 3. The van der Waals surface area contributed by atoms with Crippen LogP contribution in [0.15, 0.2) is 53.6 Å². The van der Waals surface area contributed by atoms with E-state index in [0.717, 1.165) is 55.9 Å². The first-order chi connectivity index (χ1) is 20.5. The average Bonchev–Trinajstić information content (AvgIpc) is 3.36. The van der Waals surface area contributed by atoms with Gasteiger partial charge in [0, 0.05) is 17.5 Å². The van der Waals surface area contributed by atoms with Crippen LogP contribution < -0.4 is 15.8 Å². The van der Waals surface area contributed by atoms with Gasteiger partial charge in [0.15, 0.2) is 5.82 Å². The van der Waals surface area contributed by atoms with Gasteiger partial charge in [-0.3, -0.25) is 9.12 Å². The fourth-order valence-electron chi connectivity index (χ4n) is 5.53. The molecule has 4 N–H and O–H groups in total. The Morgan fingerprint density at radius 2 is 1.91 bits per heavy atom. The van der Waals surface area contributed by atoms with Gasteiger partial charge in [0.1, 0.15) is 33.6 Å². The molecule has 0 saturated carbocycles. The summed E-state index contributed by atoms with van der Waals surface area (Å²) in [4.78, 5) is 8.72. The Kier molecular flexibility index (Phi) is 7.88. The van der Waals surface area contributed by atoms with Gasteiger partial charge < -0.3 is 15.8 Å². The molecule has 0 radical (unpaired) electrons. The molecule has 4 aromatic rings. The van der Waals surface area contributed by atoms with Crippen LogP contribution in [0.3, 0.4) is 0 Å². The van der Waals surface area contributed by atoms with Crippen molar-refractivity contribution in [2.45, 2.75) is 56.0 Å². The van der Waals surface area contributed by atoms with E-state index in [9.17, 15) is 12.8 Å². The maximum Gasteiger partial charge on any atom is 0.264 e. The van der Waals surface area contributed by atoms with Crippen molar-refractivity contribution in [2.75, 3.05) is 23.7 Å². The fraction of sp³-hybridized carbons (Fsp3) is 0.333. The number of fused-ring (bicyclic) bond motifs is 1. The number of nitrogens with two attached hydrogens (primary N) is 1. The van der Waals surface area contributed by atoms with Crippen LogP contribution in [0.1, 0.15) is 50.5 Å². The molecule has 226 valence electrons. The van der Waals surface area contributed by atoms with E-state index in [1.165, 1.54) is 24.3 Å². The summed E-state index contributed by atoms with van der Waals surface area (Å²) in [5.41, 5.74) is 8.96. The summed E-state index contributed by atoms with van der Waals surface area (Å²) >= 11 is 6.52. The molecule has 1 fully saturated rings. The zero-order valence-electron chi connectivity index (χ0n) is 23.6. The molecule has 13 heteroatoms. The number of hydrogen-bond acceptors (Lipinski definition) is 7. The second-order valence-corrected chi connectivity index (χ2v) is 13.1. The lowest BCUT2D eigenvalue weighted by Crippen LogP contribution is -2.50. The van der Waals surface area contributed by atoms with E-state index in [1.807, 2.05) is 18.2 Å². The topological polar surface area (TPSA) is 124 Å². The Bertz CT molecular complexity index is 1860. The highest BCUT2D eigenvalue weighted by atomic mass is 35.5. The third-order valence-electron chi connectivity index (χ3n) is 7.79. The lowest BCUT2D eigenvalue weighted by molar-refractivity contribution is -0.0103. The van der Waals surface area contributed by atoms with Crippen LogP contribution >= 0.6 is 11.6 Å². The minimum atomic E-state index is -4.43. The second-order valence-electron chi connectivity index (χ2n) is 11.1. The number of imidazole rings is 1. The molecule has 0 unspecified atom stereocenters. The molecule has 2 aromatic heterocycles. The summed E-state index contributed by atoms with van der Waals surface area (Å²) in [6.45, 7) is 5.48. The fourth-order valence-corrected chi connectivity index (χ4v) is 6.92. The molecular formula is C30H31ClF2N6O3S. The average molecular weight is 629 g/mol. The molecule has 1 aliphatic carbocycles. The molecule has 6 rings (SSSR count). The van der Waals surface area contributed by atoms with Gasteiger partial charge in [-0.1, -0.05) is 43.7 Å². The summed E-state index contributed by atoms with van der Waals surface area (Å²) in [5, 5.41) is 3.27. The van der Waals surface area contributed by atoms with Crippen molar-refractivity contribution in [3.05, 3.63) is 76.8 Å². The van der Waals surface area contributed by atoms with Gasteiger partial charge in [0.25, 0.3) is 10.0 Å². The highest BCUT2D eigenvalue weighted by molar-refractivity contribution is 7.92. The molecule has 1 aliphatic heterocycles. The first-order valence-corrected chi connectivity index (χ1v) is 15.9. The van der Waals surface area contributed by atoms with E-state index in [-0.39, 0.29) is 22.3 Å². The molecule has 2 aromatic carbocycles. The molecule has 0 bridgehead atoms. The van der Waals surface area contributed by atoms with Crippen molar-refractivity contribution in [3.63, 3.8) is 0 Å². The number of rotatable bonds is 8. The van der Waals surface area contributed by atoms with E-state index in [1.54, 1.807) is 6.20 Å². The molecule has 1 atom stereocenters. The first-order valence-electron chi connectivity index (χ1n) is 14.0. The lowest BCUT2D eigenvalue weighted by atomic mass is 9.92. The summed E-state index contributed by atoms with van der Waals surface area (Å²) in [6.07, 6.45) is 6.58. The molecule has 43 heavy (non-hydrogen) atoms. The number of benzene rings is 2. The molecule has 2 aliphatic rings. The van der Waals surface area contributed by atoms with Gasteiger partial charge in [-0.15, -0.1) is 0 Å². The molecule has 0 spiro atoms. The van der Waals surface area contributed by atoms with Gasteiger partial charge in [-0.25, -0.2) is 27.2 Å². The molecular weight excluding hydrogens is 598 g/mol. The number of nitrogen functional groups attached to an aromatic ring is 1. The number of sulfonamides is 1. The number of halogens is 3. The van der Waals surface area contributed by atoms with Gasteiger partial charge in [-0.2, -0.15) is 0 Å². The van der Waals surface area contributed by atoms with Crippen LogP contribution in [0.5, 0.6) is 0 Å². The Labute approximate surface area is 253 Å². The number of anilines is 2. The van der Waals surface area contributed by atoms with Crippen molar-refractivity contribution in [2.24, 2.45) is 0 Å². The molecule has 1 saturated heterocycles. The number of nitrogens with one attached hydrogen (secondary N) is 2. The number of allylic oxidation sites excluding steroid dienone is 1. The van der Waals surface area contributed by atoms with Gasteiger partial charge in [0.05, 0.1) is 41.9 Å². The molecule has 3 heterocycles. The zero-order chi connectivity index (χ0) is 30.5. The lowest BCUT2D eigenvalue weighted by Gasteiger charge is -2.33. The minimum absolute atomic E-state index is 0.0329. The predicted molar refractivity (Wildman–Crippen MR) is 162 cm³/mol. The predicted octanol–water partition coefficient (Wildman–Crippen LogP) is 5.76. The maximum atomic E-state index is 15.6. The van der Waals surface area contributed by atoms with Crippen molar-refractivity contribution in [3.8, 4) is 11.3 Å². The van der Waals surface area contributed by atoms with E-state index in [0.29, 0.717) is 29.1 Å². The largest absolute Gasteiger partial charge is 0.382 e. The van der Waals surface area contributed by atoms with E-state index >= 15 is 4.39 Å². The first kappa shape index (κ1) is 29.5. The van der Waals surface area contributed by atoms with Crippen LogP contribution in [0.25, 0.3) is 22.3 Å². The van der Waals surface area contributed by atoms with Crippen LogP contribution in [-0.2, 0) is 14.8 Å². The standard InChI is InChI=1S/C30H31ClF2N6O3S/c1-16(2)30-37-27(20-11-12-22(26(33)25(20)31)38-43(40,41)24-6-4-3-5-21(24)32)28-29(34)35-13-23(39(28)30)17-7-9-18(10-8-17)36-19-14-42-15-19/h3-7,11-13,16,18-19,36,38H,8-10,14-15H2,1-2H3,(H2,34,35)/t18-/m1/s1. The Morgan fingerprint density at radius 3 is 2.56 bits per heavy atom. The summed E-state index contributed by atoms with van der Waals surface area (Å²) < 4.78 is 64.8. The normalized spacial score (nSPS) is 17.7. The Hall–Kier alpha value is -3.58. The summed E-state index contributed by atoms with van der Waals surface area (Å²) in [5.74, 6) is -1.13. The maximum absolute atomic E-state index is 15.6. The third-order valence-corrected chi connectivity index (χ3v) is 9.55. The molecule has 9 nitrogen and oxygen atoms in total. The Balaban J connectivity index is 1.39. The van der Waals surface area contributed by atoms with Crippen LogP contribution in [0.2, 0.25) is 5.02 Å². The second kappa shape index (κ2) is 11.5. The zero-order valence-corrected chi connectivity index (χ0v) is 25.1. The minimum Gasteiger partial charge on any atom is -0.382 e. The van der Waals surface area contributed by atoms with Crippen LogP contribution in [0, 0.1) is 11.6 Å². The number of aromatic nitrogens is 3. The number of hydrogen-bond donors (Lipinski definition) is 3. The van der Waals surface area contributed by atoms with E-state index in [2.05, 4.69) is 21.1 Å². The highest BCUT2D eigenvalue weighted by Crippen LogP contribution is 2.40. The molecule has 0 amide bonds. The summed E-state index contributed by atoms with van der Waals surface area (Å²) in [6, 6.07) is 8.29. The van der Waals surface area contributed by atoms with Crippen LogP contribution in [-0.4, -0.2) is 48.1 Å². The van der Waals surface area contributed by atoms with E-state index in [4.69, 9.17) is 27.1 Å². The van der Waals surface area contributed by atoms with Crippen molar-refractivity contribution in [1.29, 1.82) is 0 Å². The summed E-state index contributed by atoms with van der Waals surface area (Å²) in [7, 11) is -4.43.